The molecule has 3 unspecified atom stereocenters. The molecule has 2 fully saturated rings. The molecule has 5 nitrogen and oxygen atoms in total. The van der Waals surface area contributed by atoms with Gasteiger partial charge in [-0.3, -0.25) is 4.79 Å². The van der Waals surface area contributed by atoms with Gasteiger partial charge < -0.3 is 19.6 Å². The van der Waals surface area contributed by atoms with Crippen LogP contribution in [0.2, 0.25) is 0 Å². The van der Waals surface area contributed by atoms with Crippen LogP contribution in [-0.4, -0.2) is 66.8 Å². The maximum atomic E-state index is 13.1. The molecule has 0 radical (unpaired) electrons. The molecule has 24 heavy (non-hydrogen) atoms. The molecular weight excluding hydrogens is 304 g/mol. The van der Waals surface area contributed by atoms with E-state index < -0.39 is 0 Å². The zero-order valence-electron chi connectivity index (χ0n) is 14.6. The van der Waals surface area contributed by atoms with Crippen LogP contribution in [0.4, 0.5) is 0 Å². The smallest absolute Gasteiger partial charge is 0.254 e. The molecule has 0 bridgehead atoms. The van der Waals surface area contributed by atoms with E-state index in [0.717, 1.165) is 36.9 Å². The largest absolute Gasteiger partial charge is 0.393 e. The fourth-order valence-corrected chi connectivity index (χ4v) is 3.98. The van der Waals surface area contributed by atoms with E-state index >= 15 is 0 Å². The van der Waals surface area contributed by atoms with Crippen LogP contribution in [0.1, 0.15) is 35.2 Å². The zero-order chi connectivity index (χ0) is 17.1. The van der Waals surface area contributed by atoms with Crippen molar-refractivity contribution in [1.29, 1.82) is 0 Å². The molecular formula is C19H28N2O3. The first-order valence-electron chi connectivity index (χ1n) is 8.86. The number of morpholine rings is 1. The standard InChI is InChI=1S/C19H28N2O3/c1-20(2)12-14-5-3-6-15(11-14)19(23)21-9-10-24-13-17(21)16-7-4-8-18(16)22/h3,5-6,11,16-18,22H,4,7-10,12-13H2,1-2H3. The second-order valence-electron chi connectivity index (χ2n) is 7.24. The van der Waals surface area contributed by atoms with E-state index in [0.29, 0.717) is 19.8 Å². The predicted octanol–water partition coefficient (Wildman–Crippen LogP) is 1.75. The summed E-state index contributed by atoms with van der Waals surface area (Å²) in [6.07, 6.45) is 2.52. The molecule has 1 amide bonds. The number of nitrogens with zero attached hydrogens (tertiary/aromatic N) is 2. The van der Waals surface area contributed by atoms with Gasteiger partial charge in [-0.2, -0.15) is 0 Å². The summed E-state index contributed by atoms with van der Waals surface area (Å²) < 4.78 is 5.62. The number of carbonyl (C=O) groups excluding carboxylic acids is 1. The lowest BCUT2D eigenvalue weighted by molar-refractivity contribution is -0.0383. The topological polar surface area (TPSA) is 53.0 Å². The number of aliphatic hydroxyl groups excluding tert-OH is 1. The van der Waals surface area contributed by atoms with Crippen LogP contribution in [0.15, 0.2) is 24.3 Å². The monoisotopic (exact) mass is 332 g/mol. The van der Waals surface area contributed by atoms with Gasteiger partial charge in [-0.1, -0.05) is 18.6 Å². The van der Waals surface area contributed by atoms with Gasteiger partial charge in [-0.05, 0) is 44.6 Å². The summed E-state index contributed by atoms with van der Waals surface area (Å²) in [4.78, 5) is 17.1. The average Bonchev–Trinajstić information content (AvgIpc) is 3.00. The number of benzene rings is 1. The summed E-state index contributed by atoms with van der Waals surface area (Å²) in [6, 6.07) is 7.86. The molecule has 1 N–H and O–H groups in total. The third-order valence-corrected chi connectivity index (χ3v) is 5.12. The molecule has 132 valence electrons. The normalized spacial score (nSPS) is 27.7. The molecule has 1 aromatic rings. The number of carbonyl (C=O) groups is 1. The third-order valence-electron chi connectivity index (χ3n) is 5.12. The number of hydrogen-bond acceptors (Lipinski definition) is 4. The first-order valence-corrected chi connectivity index (χ1v) is 8.86. The Hall–Kier alpha value is -1.43. The molecule has 1 aromatic carbocycles. The van der Waals surface area contributed by atoms with Gasteiger partial charge in [-0.15, -0.1) is 0 Å². The number of hydrogen-bond donors (Lipinski definition) is 1. The van der Waals surface area contributed by atoms with Crippen molar-refractivity contribution in [2.75, 3.05) is 33.9 Å². The molecule has 5 heteroatoms. The van der Waals surface area contributed by atoms with Gasteiger partial charge in [0.2, 0.25) is 0 Å². The van der Waals surface area contributed by atoms with Gasteiger partial charge in [0.25, 0.3) is 5.91 Å². The van der Waals surface area contributed by atoms with Crippen molar-refractivity contribution in [1.82, 2.24) is 9.80 Å². The summed E-state index contributed by atoms with van der Waals surface area (Å²) in [5.41, 5.74) is 1.87. The van der Waals surface area contributed by atoms with Crippen LogP contribution in [0, 0.1) is 5.92 Å². The molecule has 3 rings (SSSR count). The highest BCUT2D eigenvalue weighted by atomic mass is 16.5. The Morgan fingerprint density at radius 2 is 2.21 bits per heavy atom. The SMILES string of the molecule is CN(C)Cc1cccc(C(=O)N2CCOCC2C2CCCC2O)c1. The fraction of sp³-hybridized carbons (Fsp3) is 0.632. The number of aliphatic hydroxyl groups is 1. The number of ether oxygens (including phenoxy) is 1. The van der Waals surface area contributed by atoms with Crippen LogP contribution >= 0.6 is 0 Å². The van der Waals surface area contributed by atoms with Crippen LogP contribution < -0.4 is 0 Å². The highest BCUT2D eigenvalue weighted by molar-refractivity contribution is 5.94. The van der Waals surface area contributed by atoms with Crippen molar-refractivity contribution >= 4 is 5.91 Å². The molecule has 3 atom stereocenters. The van der Waals surface area contributed by atoms with Crippen molar-refractivity contribution in [3.05, 3.63) is 35.4 Å². The first-order chi connectivity index (χ1) is 11.6. The minimum atomic E-state index is -0.313. The van der Waals surface area contributed by atoms with Crippen molar-refractivity contribution in [3.8, 4) is 0 Å². The van der Waals surface area contributed by atoms with E-state index in [4.69, 9.17) is 4.74 Å². The minimum absolute atomic E-state index is 0.0127. The summed E-state index contributed by atoms with van der Waals surface area (Å²) in [5, 5.41) is 10.3. The minimum Gasteiger partial charge on any atom is -0.393 e. The molecule has 0 aromatic heterocycles. The maximum Gasteiger partial charge on any atom is 0.254 e. The van der Waals surface area contributed by atoms with E-state index in [1.807, 2.05) is 43.3 Å². The molecule has 2 aliphatic rings. The number of amides is 1. The van der Waals surface area contributed by atoms with Crippen molar-refractivity contribution in [2.24, 2.45) is 5.92 Å². The van der Waals surface area contributed by atoms with E-state index in [1.54, 1.807) is 0 Å². The van der Waals surface area contributed by atoms with Gasteiger partial charge in [0.1, 0.15) is 0 Å². The Morgan fingerprint density at radius 1 is 1.38 bits per heavy atom. The van der Waals surface area contributed by atoms with Gasteiger partial charge in [0.05, 0.1) is 25.4 Å². The lowest BCUT2D eigenvalue weighted by atomic mass is 9.93. The lowest BCUT2D eigenvalue weighted by Crippen LogP contribution is -2.53. The second kappa shape index (κ2) is 7.64. The van der Waals surface area contributed by atoms with E-state index in [1.165, 1.54) is 0 Å². The van der Waals surface area contributed by atoms with Gasteiger partial charge >= 0.3 is 0 Å². The predicted molar refractivity (Wildman–Crippen MR) is 92.8 cm³/mol. The lowest BCUT2D eigenvalue weighted by Gasteiger charge is -2.40. The first kappa shape index (κ1) is 17.4. The average molecular weight is 332 g/mol. The molecule has 1 saturated carbocycles. The summed E-state index contributed by atoms with van der Waals surface area (Å²) in [5.74, 6) is 0.196. The maximum absolute atomic E-state index is 13.1. The van der Waals surface area contributed by atoms with Gasteiger partial charge in [-0.25, -0.2) is 0 Å². The van der Waals surface area contributed by atoms with Gasteiger partial charge in [0, 0.05) is 24.6 Å². The van der Waals surface area contributed by atoms with Crippen LogP contribution in [0.3, 0.4) is 0 Å². The molecule has 0 spiro atoms. The quantitative estimate of drug-likeness (QED) is 0.913. The zero-order valence-corrected chi connectivity index (χ0v) is 14.6. The summed E-state index contributed by atoms with van der Waals surface area (Å²) in [7, 11) is 4.04. The van der Waals surface area contributed by atoms with Crippen molar-refractivity contribution < 1.29 is 14.6 Å². The molecule has 1 saturated heterocycles. The Labute approximate surface area is 144 Å². The highest BCUT2D eigenvalue weighted by Crippen LogP contribution is 2.32. The van der Waals surface area contributed by atoms with Crippen LogP contribution in [-0.2, 0) is 11.3 Å². The van der Waals surface area contributed by atoms with Crippen LogP contribution in [0.25, 0.3) is 0 Å². The fourth-order valence-electron chi connectivity index (χ4n) is 3.98. The Morgan fingerprint density at radius 3 is 2.92 bits per heavy atom. The summed E-state index contributed by atoms with van der Waals surface area (Å²) in [6.45, 7) is 2.52. The van der Waals surface area contributed by atoms with E-state index in [9.17, 15) is 9.90 Å². The molecule has 1 aliphatic carbocycles. The molecule has 1 aliphatic heterocycles. The highest BCUT2D eigenvalue weighted by Gasteiger charge is 2.39. The number of rotatable bonds is 4. The summed E-state index contributed by atoms with van der Waals surface area (Å²) >= 11 is 0. The third kappa shape index (κ3) is 3.79. The Balaban J connectivity index is 1.79. The second-order valence-corrected chi connectivity index (χ2v) is 7.24. The van der Waals surface area contributed by atoms with Crippen molar-refractivity contribution in [3.63, 3.8) is 0 Å². The van der Waals surface area contributed by atoms with Crippen LogP contribution in [0.5, 0.6) is 0 Å². The molecule has 1 heterocycles. The van der Waals surface area contributed by atoms with E-state index in [2.05, 4.69) is 4.90 Å². The Bertz CT molecular complexity index is 575. The Kier molecular flexibility index (Phi) is 5.54. The van der Waals surface area contributed by atoms with Crippen molar-refractivity contribution in [2.45, 2.75) is 38.0 Å². The van der Waals surface area contributed by atoms with Gasteiger partial charge in [0.15, 0.2) is 0 Å². The van der Waals surface area contributed by atoms with E-state index in [-0.39, 0.29) is 24.0 Å².